The van der Waals surface area contributed by atoms with Gasteiger partial charge in [0, 0.05) is 46.5 Å². The van der Waals surface area contributed by atoms with E-state index < -0.39 is 22.4 Å². The lowest BCUT2D eigenvalue weighted by Gasteiger charge is -2.38. The van der Waals surface area contributed by atoms with Crippen molar-refractivity contribution >= 4 is 12.2 Å². The van der Waals surface area contributed by atoms with Crippen molar-refractivity contribution in [1.29, 1.82) is 0 Å². The normalized spacial score (nSPS) is 18.9. The van der Waals surface area contributed by atoms with Gasteiger partial charge in [-0.3, -0.25) is 0 Å². The van der Waals surface area contributed by atoms with Crippen molar-refractivity contribution in [2.24, 2.45) is 0 Å². The number of ether oxygens (including phenoxy) is 3. The van der Waals surface area contributed by atoms with Crippen molar-refractivity contribution in [1.82, 2.24) is 9.80 Å². The Bertz CT molecular complexity index is 656. The van der Waals surface area contributed by atoms with Gasteiger partial charge in [-0.1, -0.05) is 14.9 Å². The zero-order valence-electron chi connectivity index (χ0n) is 22.8. The van der Waals surface area contributed by atoms with E-state index in [1.54, 1.807) is 16.9 Å². The van der Waals surface area contributed by atoms with Crippen LogP contribution in [0.2, 0.25) is 0 Å². The Morgan fingerprint density at radius 3 is 1.32 bits per heavy atom. The highest BCUT2D eigenvalue weighted by Crippen LogP contribution is 2.27. The van der Waals surface area contributed by atoms with Gasteiger partial charge in [-0.2, -0.15) is 0 Å². The largest absolute Gasteiger partial charge is 0.444 e. The zero-order chi connectivity index (χ0) is 26.9. The van der Waals surface area contributed by atoms with E-state index >= 15 is 0 Å². The average Bonchev–Trinajstić information content (AvgIpc) is 2.71. The van der Waals surface area contributed by atoms with Crippen molar-refractivity contribution < 1.29 is 39.1 Å². The van der Waals surface area contributed by atoms with Crippen LogP contribution in [0.15, 0.2) is 0 Å². The van der Waals surface area contributed by atoms with Crippen molar-refractivity contribution in [2.75, 3.05) is 46.5 Å². The fourth-order valence-corrected chi connectivity index (χ4v) is 3.86. The third kappa shape index (κ3) is 14.8. The highest BCUT2D eigenvalue weighted by molar-refractivity contribution is 5.68. The molecule has 0 spiro atoms. The first kappa shape index (κ1) is 37.5. The molecule has 0 bridgehead atoms. The molecule has 0 aromatic heterocycles. The Morgan fingerprint density at radius 2 is 1.05 bits per heavy atom. The van der Waals surface area contributed by atoms with Gasteiger partial charge in [-0.25, -0.2) is 9.59 Å². The van der Waals surface area contributed by atoms with Crippen molar-refractivity contribution in [3.05, 3.63) is 0 Å². The third-order valence-corrected chi connectivity index (χ3v) is 6.04. The number of carbonyl (C=O) groups is 2. The molecule has 37 heavy (non-hydrogen) atoms. The van der Waals surface area contributed by atoms with Gasteiger partial charge in [0.25, 0.3) is 0 Å². The number of piperidine rings is 2. The summed E-state index contributed by atoms with van der Waals surface area (Å²) < 4.78 is 15.6. The van der Waals surface area contributed by atoms with Crippen LogP contribution < -0.4 is 0 Å². The van der Waals surface area contributed by atoms with Crippen LogP contribution in [0, 0.1) is 0 Å². The van der Waals surface area contributed by atoms with Gasteiger partial charge >= 0.3 is 12.2 Å². The number of likely N-dealkylation sites (tertiary alicyclic amines) is 2. The van der Waals surface area contributed by atoms with E-state index in [2.05, 4.69) is 0 Å². The van der Waals surface area contributed by atoms with Crippen LogP contribution in [-0.2, 0) is 14.2 Å². The number of aliphatic hydroxyl groups is 3. The summed E-state index contributed by atoms with van der Waals surface area (Å²) in [5.74, 6) is 0. The molecule has 10 nitrogen and oxygen atoms in total. The van der Waals surface area contributed by atoms with Gasteiger partial charge in [0.2, 0.25) is 0 Å². The van der Waals surface area contributed by atoms with Crippen LogP contribution in [0.4, 0.5) is 9.59 Å². The highest BCUT2D eigenvalue weighted by Gasteiger charge is 2.36. The highest BCUT2D eigenvalue weighted by atomic mass is 16.6. The van der Waals surface area contributed by atoms with E-state index in [1.807, 2.05) is 41.5 Å². The lowest BCUT2D eigenvalue weighted by atomic mass is 9.89. The van der Waals surface area contributed by atoms with Gasteiger partial charge < -0.3 is 39.3 Å². The molecule has 0 aromatic carbocycles. The monoisotopic (exact) mass is 536 g/mol. The molecular formula is C27H56N2O8. The van der Waals surface area contributed by atoms with E-state index in [0.29, 0.717) is 71.3 Å². The van der Waals surface area contributed by atoms with Gasteiger partial charge in [-0.15, -0.1) is 0 Å². The summed E-state index contributed by atoms with van der Waals surface area (Å²) in [5, 5.41) is 29.2. The second kappa shape index (κ2) is 15.7. The smallest absolute Gasteiger partial charge is 0.410 e. The summed E-state index contributed by atoms with van der Waals surface area (Å²) in [6, 6.07) is 0. The molecule has 2 amide bonds. The quantitative estimate of drug-likeness (QED) is 0.477. The standard InChI is InChI=1S/C13H25NO4.C12H23NO4.2CH4/c1-12(2,3)18-11(15)14-8-5-13(16,6-9-14)7-10-17-4;1-11(2,3)17-10(15)13-7-4-12(16,5-8-13)6-9-14;;/h16H,5-10H2,1-4H3;14,16H,4-9H2,1-3H3;2*1H4. The summed E-state index contributed by atoms with van der Waals surface area (Å²) in [7, 11) is 1.62. The maximum absolute atomic E-state index is 11.8. The molecule has 2 rings (SSSR count). The maximum Gasteiger partial charge on any atom is 0.410 e. The number of nitrogens with zero attached hydrogens (tertiary/aromatic N) is 2. The second-order valence-corrected chi connectivity index (χ2v) is 11.6. The number of carbonyl (C=O) groups excluding carboxylic acids is 2. The van der Waals surface area contributed by atoms with Crippen LogP contribution in [0.1, 0.15) is 94.9 Å². The summed E-state index contributed by atoms with van der Waals surface area (Å²) in [5.41, 5.74) is -2.49. The number of rotatable bonds is 5. The predicted molar refractivity (Wildman–Crippen MR) is 146 cm³/mol. The van der Waals surface area contributed by atoms with Crippen molar-refractivity contribution in [3.8, 4) is 0 Å². The topological polar surface area (TPSA) is 129 Å². The van der Waals surface area contributed by atoms with E-state index in [1.165, 1.54) is 0 Å². The van der Waals surface area contributed by atoms with E-state index in [4.69, 9.17) is 19.3 Å². The van der Waals surface area contributed by atoms with E-state index in [9.17, 15) is 19.8 Å². The molecule has 0 unspecified atom stereocenters. The summed E-state index contributed by atoms with van der Waals surface area (Å²) >= 11 is 0. The number of amides is 2. The average molecular weight is 537 g/mol. The van der Waals surface area contributed by atoms with Crippen LogP contribution >= 0.6 is 0 Å². The van der Waals surface area contributed by atoms with Crippen LogP contribution in [0.5, 0.6) is 0 Å². The van der Waals surface area contributed by atoms with E-state index in [-0.39, 0.29) is 33.6 Å². The fourth-order valence-electron chi connectivity index (χ4n) is 3.86. The van der Waals surface area contributed by atoms with Crippen LogP contribution in [0.25, 0.3) is 0 Å². The van der Waals surface area contributed by atoms with Crippen molar-refractivity contribution in [2.45, 2.75) is 117 Å². The Hall–Kier alpha value is -1.62. The number of hydrogen-bond donors (Lipinski definition) is 3. The molecule has 0 aromatic rings. The Labute approximate surface area is 225 Å². The molecule has 2 aliphatic rings. The molecule has 0 radical (unpaired) electrons. The molecular weight excluding hydrogens is 480 g/mol. The van der Waals surface area contributed by atoms with E-state index in [0.717, 1.165) is 0 Å². The first-order valence-corrected chi connectivity index (χ1v) is 12.5. The molecule has 0 aliphatic carbocycles. The lowest BCUT2D eigenvalue weighted by molar-refractivity contribution is -0.0471. The van der Waals surface area contributed by atoms with Gasteiger partial charge in [0.1, 0.15) is 11.2 Å². The molecule has 2 fully saturated rings. The minimum absolute atomic E-state index is 0. The summed E-state index contributed by atoms with van der Waals surface area (Å²) in [6.45, 7) is 13.6. The van der Waals surface area contributed by atoms with Gasteiger partial charge in [0.15, 0.2) is 0 Å². The Balaban J connectivity index is 0. The lowest BCUT2D eigenvalue weighted by Crippen LogP contribution is -2.48. The molecule has 2 saturated heterocycles. The molecule has 10 heteroatoms. The Kier molecular flexibility index (Phi) is 15.9. The summed E-state index contributed by atoms with van der Waals surface area (Å²) in [4.78, 5) is 26.9. The van der Waals surface area contributed by atoms with Crippen molar-refractivity contribution in [3.63, 3.8) is 0 Å². The zero-order valence-corrected chi connectivity index (χ0v) is 22.8. The predicted octanol–water partition coefficient (Wildman–Crippen LogP) is 4.19. The molecule has 3 N–H and O–H groups in total. The second-order valence-electron chi connectivity index (χ2n) is 11.6. The SMILES string of the molecule is C.C.CC(C)(C)OC(=O)N1CCC(O)(CCO)CC1.COCCC1(O)CCN(C(=O)OC(C)(C)C)CC1. The minimum atomic E-state index is -0.826. The fraction of sp³-hybridized carbons (Fsp3) is 0.926. The van der Waals surface area contributed by atoms with Crippen LogP contribution in [-0.4, -0.2) is 106 Å². The Morgan fingerprint density at radius 1 is 0.730 bits per heavy atom. The van der Waals surface area contributed by atoms with Gasteiger partial charge in [-0.05, 0) is 80.1 Å². The third-order valence-electron chi connectivity index (χ3n) is 6.04. The first-order valence-electron chi connectivity index (χ1n) is 12.5. The number of aliphatic hydroxyl groups excluding tert-OH is 1. The molecule has 0 saturated carbocycles. The number of hydrogen-bond acceptors (Lipinski definition) is 8. The molecule has 2 heterocycles. The summed E-state index contributed by atoms with van der Waals surface area (Å²) in [6.07, 6.45) is 2.51. The number of methoxy groups -OCH3 is 1. The molecule has 0 atom stereocenters. The van der Waals surface area contributed by atoms with Crippen LogP contribution in [0.3, 0.4) is 0 Å². The maximum atomic E-state index is 11.8. The molecule has 222 valence electrons. The molecule has 2 aliphatic heterocycles. The van der Waals surface area contributed by atoms with Gasteiger partial charge in [0.05, 0.1) is 11.2 Å². The minimum Gasteiger partial charge on any atom is -0.444 e. The first-order chi connectivity index (χ1) is 16.0.